The van der Waals surface area contributed by atoms with E-state index in [1.165, 1.54) is 17.9 Å². The highest BCUT2D eigenvalue weighted by atomic mass is 16.5. The maximum atomic E-state index is 12.9. The Balaban J connectivity index is 1.43. The van der Waals surface area contributed by atoms with Crippen LogP contribution in [-0.4, -0.2) is 23.6 Å². The molecule has 0 spiro atoms. The smallest absolute Gasteiger partial charge is 0.337 e. The molecule has 1 N–H and O–H groups in total. The summed E-state index contributed by atoms with van der Waals surface area (Å²) in [6.45, 7) is 0.653. The fourth-order valence-electron chi connectivity index (χ4n) is 4.36. The second-order valence-corrected chi connectivity index (χ2v) is 8.60. The fourth-order valence-corrected chi connectivity index (χ4v) is 4.36. The number of carbonyl (C=O) groups excluding carboxylic acids is 2. The average Bonchev–Trinajstić information content (AvgIpc) is 3.28. The number of aromatic nitrogens is 1. The van der Waals surface area contributed by atoms with Gasteiger partial charge in [0, 0.05) is 34.9 Å². The van der Waals surface area contributed by atoms with E-state index in [4.69, 9.17) is 4.74 Å². The number of rotatable bonds is 6. The molecule has 6 heteroatoms. The molecule has 5 rings (SSSR count). The number of anilines is 1. The summed E-state index contributed by atoms with van der Waals surface area (Å²) < 4.78 is 6.82. The zero-order valence-corrected chi connectivity index (χ0v) is 20.1. The third-order valence-corrected chi connectivity index (χ3v) is 6.21. The number of fused-ring (bicyclic) bond motifs is 2. The molecule has 180 valence electrons. The number of nitriles is 1. The van der Waals surface area contributed by atoms with Gasteiger partial charge < -0.3 is 14.6 Å². The Bertz CT molecular complexity index is 1710. The van der Waals surface area contributed by atoms with Crippen LogP contribution in [0.2, 0.25) is 0 Å². The summed E-state index contributed by atoms with van der Waals surface area (Å²) in [7, 11) is 1.31. The van der Waals surface area contributed by atoms with E-state index in [1.807, 2.05) is 48.7 Å². The van der Waals surface area contributed by atoms with E-state index in [0.29, 0.717) is 17.8 Å². The van der Waals surface area contributed by atoms with Crippen molar-refractivity contribution in [2.45, 2.75) is 6.54 Å². The van der Waals surface area contributed by atoms with Gasteiger partial charge in [-0.15, -0.1) is 0 Å². The third kappa shape index (κ3) is 4.97. The third-order valence-electron chi connectivity index (χ3n) is 6.21. The van der Waals surface area contributed by atoms with Gasteiger partial charge in [-0.2, -0.15) is 5.26 Å². The van der Waals surface area contributed by atoms with Crippen LogP contribution in [0.4, 0.5) is 5.69 Å². The van der Waals surface area contributed by atoms with Crippen LogP contribution in [0.1, 0.15) is 21.5 Å². The molecule has 0 bridgehead atoms. The van der Waals surface area contributed by atoms with E-state index in [9.17, 15) is 14.9 Å². The number of ether oxygens (including phenoxy) is 1. The average molecular weight is 486 g/mol. The van der Waals surface area contributed by atoms with Gasteiger partial charge in [0.2, 0.25) is 0 Å². The lowest BCUT2D eigenvalue weighted by molar-refractivity contribution is -0.112. The number of nitrogens with one attached hydrogen (secondary N) is 1. The number of benzene rings is 4. The second-order valence-electron chi connectivity index (χ2n) is 8.60. The molecule has 5 aromatic rings. The summed E-state index contributed by atoms with van der Waals surface area (Å²) in [4.78, 5) is 24.5. The predicted molar refractivity (Wildman–Crippen MR) is 145 cm³/mol. The summed E-state index contributed by atoms with van der Waals surface area (Å²) in [5.74, 6) is -0.991. The summed E-state index contributed by atoms with van der Waals surface area (Å²) in [6.07, 6.45) is 3.58. The van der Waals surface area contributed by atoms with Crippen molar-refractivity contribution in [3.63, 3.8) is 0 Å². The highest BCUT2D eigenvalue weighted by Gasteiger charge is 2.14. The van der Waals surface area contributed by atoms with E-state index in [2.05, 4.69) is 40.2 Å². The van der Waals surface area contributed by atoms with Crippen molar-refractivity contribution in [1.29, 1.82) is 5.26 Å². The Labute approximate surface area is 214 Å². The minimum absolute atomic E-state index is 0.0225. The van der Waals surface area contributed by atoms with E-state index < -0.39 is 11.9 Å². The van der Waals surface area contributed by atoms with Crippen molar-refractivity contribution in [2.75, 3.05) is 12.4 Å². The Kier molecular flexibility index (Phi) is 6.52. The Morgan fingerprint density at radius 2 is 1.68 bits per heavy atom. The largest absolute Gasteiger partial charge is 0.465 e. The topological polar surface area (TPSA) is 84.1 Å². The van der Waals surface area contributed by atoms with Crippen LogP contribution in [-0.2, 0) is 16.1 Å². The Hall–Kier alpha value is -5.15. The Morgan fingerprint density at radius 1 is 0.946 bits per heavy atom. The molecular formula is C31H23N3O3. The van der Waals surface area contributed by atoms with E-state index in [0.717, 1.165) is 22.0 Å². The van der Waals surface area contributed by atoms with Gasteiger partial charge in [0.15, 0.2) is 0 Å². The molecule has 0 radical (unpaired) electrons. The minimum atomic E-state index is -0.528. The van der Waals surface area contributed by atoms with E-state index in [-0.39, 0.29) is 5.57 Å². The maximum absolute atomic E-state index is 12.9. The number of hydrogen-bond acceptors (Lipinski definition) is 4. The van der Waals surface area contributed by atoms with Gasteiger partial charge >= 0.3 is 5.97 Å². The molecule has 1 amide bonds. The zero-order chi connectivity index (χ0) is 25.8. The number of hydrogen-bond donors (Lipinski definition) is 1. The molecule has 0 unspecified atom stereocenters. The van der Waals surface area contributed by atoms with Gasteiger partial charge in [0.25, 0.3) is 5.91 Å². The fraction of sp³-hybridized carbons (Fsp3) is 0.0645. The van der Waals surface area contributed by atoms with Crippen molar-refractivity contribution < 1.29 is 14.3 Å². The Morgan fingerprint density at radius 3 is 2.43 bits per heavy atom. The number of amides is 1. The predicted octanol–water partition coefficient (Wildman–Crippen LogP) is 6.18. The molecule has 4 aromatic carbocycles. The van der Waals surface area contributed by atoms with Crippen molar-refractivity contribution >= 4 is 45.3 Å². The number of nitrogens with zero attached hydrogens (tertiary/aromatic N) is 2. The minimum Gasteiger partial charge on any atom is -0.465 e. The van der Waals surface area contributed by atoms with Crippen LogP contribution < -0.4 is 5.32 Å². The molecule has 0 aliphatic heterocycles. The van der Waals surface area contributed by atoms with Crippen LogP contribution in [0.5, 0.6) is 0 Å². The van der Waals surface area contributed by atoms with Crippen LogP contribution in [0, 0.1) is 11.3 Å². The van der Waals surface area contributed by atoms with Crippen LogP contribution in [0.3, 0.4) is 0 Å². The van der Waals surface area contributed by atoms with E-state index in [1.54, 1.807) is 30.3 Å². The number of esters is 1. The summed E-state index contributed by atoms with van der Waals surface area (Å²) in [6, 6.07) is 30.9. The monoisotopic (exact) mass is 485 g/mol. The lowest BCUT2D eigenvalue weighted by Crippen LogP contribution is -2.13. The van der Waals surface area contributed by atoms with Crippen molar-refractivity contribution in [2.24, 2.45) is 0 Å². The van der Waals surface area contributed by atoms with Crippen molar-refractivity contribution in [3.05, 3.63) is 119 Å². The summed E-state index contributed by atoms with van der Waals surface area (Å²) >= 11 is 0. The second kappa shape index (κ2) is 10.2. The first kappa shape index (κ1) is 23.6. The van der Waals surface area contributed by atoms with Crippen molar-refractivity contribution in [3.8, 4) is 6.07 Å². The van der Waals surface area contributed by atoms with Crippen LogP contribution >= 0.6 is 0 Å². The van der Waals surface area contributed by atoms with Gasteiger partial charge in [-0.25, -0.2) is 4.79 Å². The maximum Gasteiger partial charge on any atom is 0.337 e. The lowest BCUT2D eigenvalue weighted by Gasteiger charge is -2.07. The first-order valence-electron chi connectivity index (χ1n) is 11.7. The molecule has 0 aliphatic carbocycles. The number of para-hydroxylation sites is 1. The van der Waals surface area contributed by atoms with Gasteiger partial charge in [-0.05, 0) is 58.8 Å². The zero-order valence-electron chi connectivity index (χ0n) is 20.1. The number of carbonyl (C=O) groups is 2. The van der Waals surface area contributed by atoms with Gasteiger partial charge in [-0.3, -0.25) is 4.79 Å². The normalized spacial score (nSPS) is 11.3. The SMILES string of the molecule is COC(=O)c1ccc(NC(=O)/C(C#N)=C/c2cn(Cc3ccc4ccccc4c3)c3ccccc23)cc1. The summed E-state index contributed by atoms with van der Waals surface area (Å²) in [5, 5.41) is 15.8. The van der Waals surface area contributed by atoms with Crippen LogP contribution in [0.25, 0.3) is 27.8 Å². The molecule has 0 atom stereocenters. The molecule has 1 heterocycles. The highest BCUT2D eigenvalue weighted by Crippen LogP contribution is 2.26. The van der Waals surface area contributed by atoms with Gasteiger partial charge in [0.05, 0.1) is 12.7 Å². The molecule has 6 nitrogen and oxygen atoms in total. The van der Waals surface area contributed by atoms with E-state index >= 15 is 0 Å². The van der Waals surface area contributed by atoms with Gasteiger partial charge in [-0.1, -0.05) is 54.6 Å². The molecule has 1 aromatic heterocycles. The van der Waals surface area contributed by atoms with Crippen molar-refractivity contribution in [1.82, 2.24) is 4.57 Å². The molecule has 0 saturated heterocycles. The molecule has 0 fully saturated rings. The first-order chi connectivity index (χ1) is 18.1. The standard InChI is InChI=1S/C31H23N3O3/c1-37-31(36)23-12-14-27(15-13-23)33-30(35)25(18-32)17-26-20-34(29-9-5-4-8-28(26)29)19-21-10-11-22-6-2-3-7-24(22)16-21/h2-17,20H,19H2,1H3,(H,33,35)/b25-17+. The van der Waals surface area contributed by atoms with Crippen LogP contribution in [0.15, 0.2) is 103 Å². The lowest BCUT2D eigenvalue weighted by atomic mass is 10.1. The molecule has 37 heavy (non-hydrogen) atoms. The molecule has 0 aliphatic rings. The quantitative estimate of drug-likeness (QED) is 0.177. The molecular weight excluding hydrogens is 462 g/mol. The van der Waals surface area contributed by atoms with Gasteiger partial charge in [0.1, 0.15) is 11.6 Å². The number of methoxy groups -OCH3 is 1. The first-order valence-corrected chi connectivity index (χ1v) is 11.7. The molecule has 0 saturated carbocycles. The highest BCUT2D eigenvalue weighted by molar-refractivity contribution is 6.11. The summed E-state index contributed by atoms with van der Waals surface area (Å²) in [5.41, 5.74) is 3.77.